The van der Waals surface area contributed by atoms with Crippen molar-refractivity contribution in [3.05, 3.63) is 41.3 Å². The lowest BCUT2D eigenvalue weighted by Gasteiger charge is -2.12. The van der Waals surface area contributed by atoms with E-state index >= 15 is 0 Å². The number of hydrogen-bond donors (Lipinski definition) is 1. The zero-order valence-electron chi connectivity index (χ0n) is 10.8. The van der Waals surface area contributed by atoms with Crippen LogP contribution in [-0.2, 0) is 13.0 Å². The summed E-state index contributed by atoms with van der Waals surface area (Å²) in [6.45, 7) is 3.53. The smallest absolute Gasteiger partial charge is 0.264 e. The zero-order valence-corrected chi connectivity index (χ0v) is 10.8. The molecule has 1 atom stereocenters. The number of rotatable bonds is 5. The van der Waals surface area contributed by atoms with Gasteiger partial charge in [0.1, 0.15) is 11.6 Å². The van der Waals surface area contributed by atoms with E-state index in [1.54, 1.807) is 6.92 Å². The molecular formula is C13H15FN2O3. The Hall–Kier alpha value is -1.95. The third-order valence-corrected chi connectivity index (χ3v) is 2.60. The Kier molecular flexibility index (Phi) is 4.11. The molecule has 2 rings (SSSR count). The first kappa shape index (κ1) is 13.5. The second kappa shape index (κ2) is 5.79. The molecule has 0 aliphatic carbocycles. The van der Waals surface area contributed by atoms with Crippen LogP contribution in [0.4, 0.5) is 4.39 Å². The molecule has 5 nitrogen and oxygen atoms in total. The van der Waals surface area contributed by atoms with Crippen molar-refractivity contribution in [1.82, 2.24) is 10.1 Å². The SMILES string of the molecule is CCc1noc(COc2cc(F)ccc2[C@@H](C)O)n1. The van der Waals surface area contributed by atoms with E-state index < -0.39 is 11.9 Å². The first-order chi connectivity index (χ1) is 9.10. The van der Waals surface area contributed by atoms with Crippen molar-refractivity contribution in [2.45, 2.75) is 33.0 Å². The van der Waals surface area contributed by atoms with Gasteiger partial charge in [0.25, 0.3) is 5.89 Å². The fraction of sp³-hybridized carbons (Fsp3) is 0.385. The fourth-order valence-corrected chi connectivity index (χ4v) is 1.61. The van der Waals surface area contributed by atoms with Crippen LogP contribution in [0.1, 0.15) is 37.2 Å². The fourth-order valence-electron chi connectivity index (χ4n) is 1.61. The Bertz CT molecular complexity index is 555. The van der Waals surface area contributed by atoms with Gasteiger partial charge in [0.05, 0.1) is 6.10 Å². The van der Waals surface area contributed by atoms with Gasteiger partial charge in [-0.15, -0.1) is 0 Å². The van der Waals surface area contributed by atoms with Gasteiger partial charge in [0, 0.05) is 18.1 Å². The van der Waals surface area contributed by atoms with E-state index in [0.29, 0.717) is 23.7 Å². The average Bonchev–Trinajstić information content (AvgIpc) is 2.84. The van der Waals surface area contributed by atoms with Gasteiger partial charge in [0.2, 0.25) is 0 Å². The second-order valence-electron chi connectivity index (χ2n) is 4.10. The molecule has 1 N–H and O–H groups in total. The quantitative estimate of drug-likeness (QED) is 0.900. The normalized spacial score (nSPS) is 12.4. The highest BCUT2D eigenvalue weighted by molar-refractivity contribution is 5.35. The lowest BCUT2D eigenvalue weighted by atomic mass is 10.1. The van der Waals surface area contributed by atoms with Crippen molar-refractivity contribution in [2.24, 2.45) is 0 Å². The summed E-state index contributed by atoms with van der Waals surface area (Å²) in [5, 5.41) is 13.3. The topological polar surface area (TPSA) is 68.4 Å². The second-order valence-corrected chi connectivity index (χ2v) is 4.10. The summed E-state index contributed by atoms with van der Waals surface area (Å²) in [5.41, 5.74) is 0.511. The summed E-state index contributed by atoms with van der Waals surface area (Å²) in [6.07, 6.45) is -0.0768. The molecule has 0 spiro atoms. The highest BCUT2D eigenvalue weighted by Gasteiger charge is 2.12. The molecule has 0 saturated carbocycles. The number of aliphatic hydroxyl groups is 1. The molecule has 0 radical (unpaired) electrons. The number of aromatic nitrogens is 2. The van der Waals surface area contributed by atoms with E-state index in [0.717, 1.165) is 0 Å². The molecular weight excluding hydrogens is 251 g/mol. The van der Waals surface area contributed by atoms with Crippen molar-refractivity contribution in [3.8, 4) is 5.75 Å². The van der Waals surface area contributed by atoms with Gasteiger partial charge < -0.3 is 14.4 Å². The van der Waals surface area contributed by atoms with Crippen molar-refractivity contribution in [1.29, 1.82) is 0 Å². The summed E-state index contributed by atoms with van der Waals surface area (Å²) in [6, 6.07) is 3.98. The third-order valence-electron chi connectivity index (χ3n) is 2.60. The first-order valence-electron chi connectivity index (χ1n) is 6.02. The minimum Gasteiger partial charge on any atom is -0.483 e. The molecule has 0 saturated heterocycles. The van der Waals surface area contributed by atoms with Crippen molar-refractivity contribution >= 4 is 0 Å². The third kappa shape index (κ3) is 3.29. The van der Waals surface area contributed by atoms with Crippen LogP contribution in [0.2, 0.25) is 0 Å². The molecule has 19 heavy (non-hydrogen) atoms. The van der Waals surface area contributed by atoms with Crippen LogP contribution >= 0.6 is 0 Å². The monoisotopic (exact) mass is 266 g/mol. The Labute approximate surface area is 110 Å². The number of aryl methyl sites for hydroxylation is 1. The molecule has 1 aromatic carbocycles. The van der Waals surface area contributed by atoms with E-state index in [1.165, 1.54) is 18.2 Å². The zero-order chi connectivity index (χ0) is 13.8. The predicted molar refractivity (Wildman–Crippen MR) is 65.0 cm³/mol. The first-order valence-corrected chi connectivity index (χ1v) is 6.02. The lowest BCUT2D eigenvalue weighted by Crippen LogP contribution is -2.02. The van der Waals surface area contributed by atoms with Gasteiger partial charge in [0.15, 0.2) is 12.4 Å². The van der Waals surface area contributed by atoms with E-state index in [9.17, 15) is 9.50 Å². The maximum atomic E-state index is 13.2. The van der Waals surface area contributed by atoms with Crippen molar-refractivity contribution in [3.63, 3.8) is 0 Å². The molecule has 2 aromatic rings. The maximum absolute atomic E-state index is 13.2. The average molecular weight is 266 g/mol. The van der Waals surface area contributed by atoms with Gasteiger partial charge in [-0.3, -0.25) is 0 Å². The number of ether oxygens (including phenoxy) is 1. The lowest BCUT2D eigenvalue weighted by molar-refractivity contribution is 0.185. The van der Waals surface area contributed by atoms with Crippen LogP contribution in [0.3, 0.4) is 0 Å². The van der Waals surface area contributed by atoms with Crippen LogP contribution in [0.25, 0.3) is 0 Å². The summed E-state index contributed by atoms with van der Waals surface area (Å²) < 4.78 is 23.6. The Morgan fingerprint density at radius 2 is 2.26 bits per heavy atom. The van der Waals surface area contributed by atoms with Gasteiger partial charge in [-0.1, -0.05) is 12.1 Å². The molecule has 1 aromatic heterocycles. The van der Waals surface area contributed by atoms with Gasteiger partial charge in [-0.2, -0.15) is 4.98 Å². The minimum absolute atomic E-state index is 0.0379. The van der Waals surface area contributed by atoms with Gasteiger partial charge in [-0.25, -0.2) is 4.39 Å². The molecule has 0 amide bonds. The van der Waals surface area contributed by atoms with E-state index in [2.05, 4.69) is 10.1 Å². The summed E-state index contributed by atoms with van der Waals surface area (Å²) in [7, 11) is 0. The largest absolute Gasteiger partial charge is 0.483 e. The van der Waals surface area contributed by atoms with Crippen LogP contribution in [-0.4, -0.2) is 15.2 Å². The molecule has 102 valence electrons. The van der Waals surface area contributed by atoms with E-state index in [4.69, 9.17) is 9.26 Å². The summed E-state index contributed by atoms with van der Waals surface area (Å²) in [5.74, 6) is 0.747. The Morgan fingerprint density at radius 3 is 2.89 bits per heavy atom. The predicted octanol–water partition coefficient (Wildman–Crippen LogP) is 2.40. The molecule has 1 heterocycles. The summed E-state index contributed by atoms with van der Waals surface area (Å²) >= 11 is 0. The standard InChI is InChI=1S/C13H15FN2O3/c1-3-12-15-13(19-16-12)7-18-11-6-9(14)4-5-10(11)8(2)17/h4-6,8,17H,3,7H2,1-2H3/t8-/m1/s1. The van der Waals surface area contributed by atoms with Gasteiger partial charge in [-0.05, 0) is 19.1 Å². The van der Waals surface area contributed by atoms with E-state index in [1.807, 2.05) is 6.92 Å². The molecule has 0 bridgehead atoms. The van der Waals surface area contributed by atoms with Gasteiger partial charge >= 0.3 is 0 Å². The van der Waals surface area contributed by atoms with Crippen molar-refractivity contribution < 1.29 is 18.8 Å². The molecule has 0 aliphatic rings. The maximum Gasteiger partial charge on any atom is 0.264 e. The minimum atomic E-state index is -0.746. The Morgan fingerprint density at radius 1 is 1.47 bits per heavy atom. The number of halogens is 1. The molecule has 0 aliphatic heterocycles. The van der Waals surface area contributed by atoms with E-state index in [-0.39, 0.29) is 12.4 Å². The van der Waals surface area contributed by atoms with Crippen LogP contribution in [0, 0.1) is 5.82 Å². The highest BCUT2D eigenvalue weighted by atomic mass is 19.1. The number of hydrogen-bond acceptors (Lipinski definition) is 5. The number of nitrogens with zero attached hydrogens (tertiary/aromatic N) is 2. The highest BCUT2D eigenvalue weighted by Crippen LogP contribution is 2.26. The number of aliphatic hydroxyl groups excluding tert-OH is 1. The number of benzene rings is 1. The van der Waals surface area contributed by atoms with Crippen LogP contribution < -0.4 is 4.74 Å². The van der Waals surface area contributed by atoms with Crippen LogP contribution in [0.5, 0.6) is 5.75 Å². The van der Waals surface area contributed by atoms with Crippen LogP contribution in [0.15, 0.2) is 22.7 Å². The van der Waals surface area contributed by atoms with Crippen molar-refractivity contribution in [2.75, 3.05) is 0 Å². The molecule has 0 unspecified atom stereocenters. The Balaban J connectivity index is 2.12. The molecule has 0 fully saturated rings. The summed E-state index contributed by atoms with van der Waals surface area (Å²) in [4.78, 5) is 4.08. The molecule has 6 heteroatoms.